The fourth-order valence-electron chi connectivity index (χ4n) is 2.65. The van der Waals surface area contributed by atoms with E-state index in [0.717, 1.165) is 31.6 Å². The number of hydrogen-bond donors (Lipinski definition) is 1. The van der Waals surface area contributed by atoms with Crippen molar-refractivity contribution in [2.75, 3.05) is 24.6 Å². The van der Waals surface area contributed by atoms with Crippen LogP contribution in [0.2, 0.25) is 0 Å². The van der Waals surface area contributed by atoms with Crippen LogP contribution in [0.1, 0.15) is 18.4 Å². The molecule has 2 fully saturated rings. The molecule has 5 nitrogen and oxygen atoms in total. The van der Waals surface area contributed by atoms with Crippen LogP contribution < -0.4 is 10.2 Å². The fraction of sp³-hybridized carbons (Fsp3) is 0.467. The van der Waals surface area contributed by atoms with Crippen LogP contribution >= 0.6 is 0 Å². The van der Waals surface area contributed by atoms with Crippen LogP contribution in [0.4, 0.5) is 5.69 Å². The van der Waals surface area contributed by atoms with Gasteiger partial charge in [-0.3, -0.25) is 4.79 Å². The van der Waals surface area contributed by atoms with E-state index in [1.165, 1.54) is 0 Å². The molecule has 2 saturated heterocycles. The number of hydrogen-bond acceptors (Lipinski definition) is 4. The smallest absolute Gasteiger partial charge is 0.251 e. The second-order valence-corrected chi connectivity index (χ2v) is 5.24. The maximum atomic E-state index is 11.7. The van der Waals surface area contributed by atoms with Crippen molar-refractivity contribution in [3.63, 3.8) is 0 Å². The zero-order valence-electron chi connectivity index (χ0n) is 11.2. The lowest BCUT2D eigenvalue weighted by molar-refractivity contribution is -0.123. The summed E-state index contributed by atoms with van der Waals surface area (Å²) in [5.41, 5.74) is 1.64. The van der Waals surface area contributed by atoms with Crippen LogP contribution in [0.15, 0.2) is 24.3 Å². The summed E-state index contributed by atoms with van der Waals surface area (Å²) in [5, 5.41) is 12.2. The number of para-hydroxylation sites is 1. The van der Waals surface area contributed by atoms with Gasteiger partial charge in [-0.25, -0.2) is 0 Å². The highest BCUT2D eigenvalue weighted by Gasteiger charge is 2.33. The molecular weight excluding hydrogens is 254 g/mol. The predicted molar refractivity (Wildman–Crippen MR) is 74.3 cm³/mol. The molecule has 2 aliphatic heterocycles. The molecule has 0 radical (unpaired) electrons. The van der Waals surface area contributed by atoms with E-state index in [1.54, 1.807) is 0 Å². The van der Waals surface area contributed by atoms with E-state index in [0.29, 0.717) is 12.2 Å². The summed E-state index contributed by atoms with van der Waals surface area (Å²) in [5.74, 6) is -0.00887. The minimum Gasteiger partial charge on any atom is -0.368 e. The molecule has 0 aliphatic carbocycles. The molecule has 1 N–H and O–H groups in total. The number of nitriles is 1. The largest absolute Gasteiger partial charge is 0.368 e. The zero-order chi connectivity index (χ0) is 13.9. The second-order valence-electron chi connectivity index (χ2n) is 5.24. The van der Waals surface area contributed by atoms with Gasteiger partial charge in [-0.15, -0.1) is 0 Å². The third-order valence-electron chi connectivity index (χ3n) is 3.76. The first-order chi connectivity index (χ1) is 9.78. The highest BCUT2D eigenvalue weighted by molar-refractivity contribution is 5.83. The van der Waals surface area contributed by atoms with Crippen molar-refractivity contribution >= 4 is 11.6 Å². The summed E-state index contributed by atoms with van der Waals surface area (Å²) >= 11 is 0. The third-order valence-corrected chi connectivity index (χ3v) is 3.76. The number of rotatable bonds is 3. The van der Waals surface area contributed by atoms with Crippen LogP contribution in [0, 0.1) is 11.3 Å². The Labute approximate surface area is 118 Å². The molecule has 20 heavy (non-hydrogen) atoms. The maximum absolute atomic E-state index is 11.7. The Morgan fingerprint density at radius 2 is 2.25 bits per heavy atom. The Kier molecular flexibility index (Phi) is 3.57. The Bertz CT molecular complexity index is 548. The normalized spacial score (nSPS) is 24.9. The van der Waals surface area contributed by atoms with E-state index in [1.807, 2.05) is 24.3 Å². The second kappa shape index (κ2) is 5.51. The Morgan fingerprint density at radius 3 is 3.00 bits per heavy atom. The number of benzene rings is 1. The number of anilines is 1. The first-order valence-corrected chi connectivity index (χ1v) is 6.94. The number of piperidine rings is 1. The minimum atomic E-state index is -0.239. The summed E-state index contributed by atoms with van der Waals surface area (Å²) in [7, 11) is 0. The zero-order valence-corrected chi connectivity index (χ0v) is 11.2. The average Bonchev–Trinajstić information content (AvgIpc) is 3.32. The monoisotopic (exact) mass is 271 g/mol. The first-order valence-electron chi connectivity index (χ1n) is 6.94. The van der Waals surface area contributed by atoms with Gasteiger partial charge in [0.05, 0.1) is 17.9 Å². The van der Waals surface area contributed by atoms with Gasteiger partial charge < -0.3 is 15.0 Å². The molecule has 1 amide bonds. The van der Waals surface area contributed by atoms with Crippen LogP contribution in [-0.4, -0.2) is 37.7 Å². The first kappa shape index (κ1) is 12.9. The molecule has 3 rings (SSSR count). The Morgan fingerprint density at radius 1 is 1.45 bits per heavy atom. The molecule has 0 bridgehead atoms. The Hall–Kier alpha value is -2.06. The minimum absolute atomic E-state index is 0.00887. The van der Waals surface area contributed by atoms with Crippen molar-refractivity contribution in [2.45, 2.75) is 25.0 Å². The average molecular weight is 271 g/mol. The van der Waals surface area contributed by atoms with E-state index in [9.17, 15) is 10.1 Å². The molecule has 2 atom stereocenters. The van der Waals surface area contributed by atoms with Crippen molar-refractivity contribution in [2.24, 2.45) is 0 Å². The molecule has 5 heteroatoms. The predicted octanol–water partition coefficient (Wildman–Crippen LogP) is 1.04. The van der Waals surface area contributed by atoms with Crippen LogP contribution in [0.5, 0.6) is 0 Å². The van der Waals surface area contributed by atoms with E-state index >= 15 is 0 Å². The molecular formula is C15H17N3O2. The van der Waals surface area contributed by atoms with Crippen LogP contribution in [0.3, 0.4) is 0 Å². The van der Waals surface area contributed by atoms with Gasteiger partial charge in [-0.05, 0) is 25.0 Å². The number of carbonyl (C=O) groups is 1. The van der Waals surface area contributed by atoms with E-state index in [4.69, 9.17) is 4.74 Å². The number of nitrogens with zero attached hydrogens (tertiary/aromatic N) is 2. The summed E-state index contributed by atoms with van der Waals surface area (Å²) in [4.78, 5) is 13.9. The van der Waals surface area contributed by atoms with Gasteiger partial charge in [0, 0.05) is 19.1 Å². The quantitative estimate of drug-likeness (QED) is 0.834. The summed E-state index contributed by atoms with van der Waals surface area (Å²) in [6, 6.07) is 9.96. The van der Waals surface area contributed by atoms with Crippen molar-refractivity contribution in [1.29, 1.82) is 5.26 Å². The maximum Gasteiger partial charge on any atom is 0.251 e. The van der Waals surface area contributed by atoms with Crippen molar-refractivity contribution in [1.82, 2.24) is 5.32 Å². The molecule has 2 aliphatic rings. The number of epoxide rings is 1. The summed E-state index contributed by atoms with van der Waals surface area (Å²) in [6.07, 6.45) is 1.75. The van der Waals surface area contributed by atoms with Gasteiger partial charge in [0.2, 0.25) is 0 Å². The molecule has 0 aromatic heterocycles. The summed E-state index contributed by atoms with van der Waals surface area (Å²) in [6.45, 7) is 2.21. The fourth-order valence-corrected chi connectivity index (χ4v) is 2.65. The third kappa shape index (κ3) is 2.75. The molecule has 2 unspecified atom stereocenters. The number of ether oxygens (including phenoxy) is 1. The molecule has 2 heterocycles. The standard InChI is InChI=1S/C15H17N3O2/c16-8-11-4-1-2-6-13(11)18-7-3-5-12(9-18)17-15(19)14-10-20-14/h1-2,4,6,12,14H,3,5,7,9-10H2,(H,17,19). The number of amides is 1. The van der Waals surface area contributed by atoms with Crippen LogP contribution in [-0.2, 0) is 9.53 Å². The molecule has 0 spiro atoms. The molecule has 0 saturated carbocycles. The van der Waals surface area contributed by atoms with Crippen molar-refractivity contribution < 1.29 is 9.53 Å². The lowest BCUT2D eigenvalue weighted by Crippen LogP contribution is -2.49. The van der Waals surface area contributed by atoms with Gasteiger partial charge >= 0.3 is 0 Å². The Balaban J connectivity index is 1.68. The highest BCUT2D eigenvalue weighted by Crippen LogP contribution is 2.23. The molecule has 104 valence electrons. The van der Waals surface area contributed by atoms with Crippen molar-refractivity contribution in [3.8, 4) is 6.07 Å². The molecule has 1 aromatic rings. The van der Waals surface area contributed by atoms with Crippen molar-refractivity contribution in [3.05, 3.63) is 29.8 Å². The lowest BCUT2D eigenvalue weighted by Gasteiger charge is -2.35. The van der Waals surface area contributed by atoms with Gasteiger partial charge in [0.15, 0.2) is 6.10 Å². The summed E-state index contributed by atoms with van der Waals surface area (Å²) < 4.78 is 4.99. The lowest BCUT2D eigenvalue weighted by atomic mass is 10.0. The molecule has 1 aromatic carbocycles. The van der Waals surface area contributed by atoms with E-state index in [2.05, 4.69) is 16.3 Å². The van der Waals surface area contributed by atoms with E-state index < -0.39 is 0 Å². The SMILES string of the molecule is N#Cc1ccccc1N1CCCC(NC(=O)C2CO2)C1. The van der Waals surface area contributed by atoms with Crippen LogP contribution in [0.25, 0.3) is 0 Å². The highest BCUT2D eigenvalue weighted by atomic mass is 16.6. The van der Waals surface area contributed by atoms with Gasteiger partial charge in [-0.1, -0.05) is 12.1 Å². The number of carbonyl (C=O) groups excluding carboxylic acids is 1. The van der Waals surface area contributed by atoms with Gasteiger partial charge in [-0.2, -0.15) is 5.26 Å². The topological polar surface area (TPSA) is 68.7 Å². The number of nitrogens with one attached hydrogen (secondary N) is 1. The van der Waals surface area contributed by atoms with E-state index in [-0.39, 0.29) is 18.1 Å². The van der Waals surface area contributed by atoms with Gasteiger partial charge in [0.25, 0.3) is 5.91 Å². The van der Waals surface area contributed by atoms with Gasteiger partial charge in [0.1, 0.15) is 6.07 Å².